The van der Waals surface area contributed by atoms with Gasteiger partial charge < -0.3 is 20.1 Å². The van der Waals surface area contributed by atoms with Crippen molar-refractivity contribution in [1.82, 2.24) is 10.6 Å². The molecule has 2 aliphatic heterocycles. The lowest BCUT2D eigenvalue weighted by Crippen LogP contribution is -2.48. The van der Waals surface area contributed by atoms with Crippen LogP contribution in [0.1, 0.15) is 57.7 Å². The standard InChI is InChI=1S/2C23H18Cl2INO2/c2*24-17-7-3-15(4-8-17)21-22(16-5-9-18(25)10-6-16)29-20(23(28)27-21)13-14-1-11-19(26)12-2-14/h2*1-12,20-22H,13H2,(H,27,28)/t2*20-,21+,22-/m10/s1. The van der Waals surface area contributed by atoms with Gasteiger partial charge in [-0.15, -0.1) is 0 Å². The zero-order valence-electron chi connectivity index (χ0n) is 30.6. The minimum atomic E-state index is -0.570. The molecule has 296 valence electrons. The van der Waals surface area contributed by atoms with Crippen molar-refractivity contribution in [1.29, 1.82) is 0 Å². The summed E-state index contributed by atoms with van der Waals surface area (Å²) in [5, 5.41) is 8.93. The Hall–Kier alpha value is -3.20. The third-order valence-corrected chi connectivity index (χ3v) is 12.4. The monoisotopic (exact) mass is 1070 g/mol. The summed E-state index contributed by atoms with van der Waals surface area (Å²) in [5.41, 5.74) is 5.92. The SMILES string of the molecule is O=C1N[C@@H](c2ccc(Cl)cc2)[C@@H](c2ccc(Cl)cc2)O[C@@H]1Cc1ccc(I)cc1.O=C1N[C@H](c2ccc(Cl)cc2)[C@H](c2ccc(Cl)cc2)O[C@H]1Cc1ccc(I)cc1. The van der Waals surface area contributed by atoms with E-state index in [1.165, 1.54) is 0 Å². The first-order valence-electron chi connectivity index (χ1n) is 18.4. The average Bonchev–Trinajstić information content (AvgIpc) is 3.22. The summed E-state index contributed by atoms with van der Waals surface area (Å²) in [4.78, 5) is 25.7. The maximum absolute atomic E-state index is 12.9. The lowest BCUT2D eigenvalue weighted by atomic mass is 9.92. The summed E-state index contributed by atoms with van der Waals surface area (Å²) in [5.74, 6) is -0.234. The van der Waals surface area contributed by atoms with E-state index in [9.17, 15) is 9.59 Å². The van der Waals surface area contributed by atoms with E-state index in [0.29, 0.717) is 32.9 Å². The van der Waals surface area contributed by atoms with Gasteiger partial charge in [-0.3, -0.25) is 9.59 Å². The number of ether oxygens (including phenoxy) is 2. The lowest BCUT2D eigenvalue weighted by molar-refractivity contribution is -0.151. The molecule has 6 aromatic carbocycles. The molecule has 0 aromatic heterocycles. The Bertz CT molecular complexity index is 2150. The molecule has 2 N–H and O–H groups in total. The van der Waals surface area contributed by atoms with Crippen LogP contribution in [0.3, 0.4) is 0 Å². The van der Waals surface area contributed by atoms with Gasteiger partial charge in [0.15, 0.2) is 0 Å². The molecule has 2 aliphatic rings. The summed E-state index contributed by atoms with van der Waals surface area (Å²) in [7, 11) is 0. The number of benzene rings is 6. The van der Waals surface area contributed by atoms with E-state index >= 15 is 0 Å². The van der Waals surface area contributed by atoms with Crippen molar-refractivity contribution >= 4 is 103 Å². The van der Waals surface area contributed by atoms with Crippen LogP contribution in [0.25, 0.3) is 0 Å². The summed E-state index contributed by atoms with van der Waals surface area (Å²) >= 11 is 28.7. The van der Waals surface area contributed by atoms with Gasteiger partial charge in [0.25, 0.3) is 0 Å². The predicted molar refractivity (Wildman–Crippen MR) is 249 cm³/mol. The largest absolute Gasteiger partial charge is 0.358 e. The molecule has 0 unspecified atom stereocenters. The van der Waals surface area contributed by atoms with Gasteiger partial charge in [-0.2, -0.15) is 0 Å². The molecule has 2 amide bonds. The molecule has 0 radical (unpaired) electrons. The van der Waals surface area contributed by atoms with Crippen LogP contribution in [0.15, 0.2) is 146 Å². The predicted octanol–water partition coefficient (Wildman–Crippen LogP) is 12.3. The molecular formula is C46H36Cl4I2N2O4. The van der Waals surface area contributed by atoms with Crippen molar-refractivity contribution in [2.75, 3.05) is 0 Å². The number of hydrogen-bond donors (Lipinski definition) is 2. The number of carbonyl (C=O) groups excluding carboxylic acids is 2. The van der Waals surface area contributed by atoms with Crippen LogP contribution in [0.2, 0.25) is 20.1 Å². The van der Waals surface area contributed by atoms with Gasteiger partial charge in [-0.05, 0) is 151 Å². The van der Waals surface area contributed by atoms with E-state index in [1.807, 2.05) is 146 Å². The highest BCUT2D eigenvalue weighted by atomic mass is 127. The van der Waals surface area contributed by atoms with Crippen LogP contribution in [0.5, 0.6) is 0 Å². The lowest BCUT2D eigenvalue weighted by Gasteiger charge is -2.37. The fraction of sp³-hybridized carbons (Fsp3) is 0.174. The molecule has 6 nitrogen and oxygen atoms in total. The van der Waals surface area contributed by atoms with E-state index in [0.717, 1.165) is 40.5 Å². The van der Waals surface area contributed by atoms with E-state index in [2.05, 4.69) is 55.8 Å². The highest BCUT2D eigenvalue weighted by molar-refractivity contribution is 14.1. The van der Waals surface area contributed by atoms with E-state index in [-0.39, 0.29) is 36.1 Å². The smallest absolute Gasteiger partial charge is 0.250 e. The molecule has 0 spiro atoms. The van der Waals surface area contributed by atoms with Crippen molar-refractivity contribution in [2.45, 2.75) is 49.3 Å². The van der Waals surface area contributed by atoms with Gasteiger partial charge in [0, 0.05) is 40.1 Å². The Morgan fingerprint density at radius 2 is 0.690 bits per heavy atom. The average molecular weight is 1080 g/mol. The van der Waals surface area contributed by atoms with Crippen LogP contribution >= 0.6 is 91.6 Å². The molecule has 2 fully saturated rings. The second-order valence-corrected chi connectivity index (χ2v) is 18.2. The summed E-state index contributed by atoms with van der Waals surface area (Å²) in [6.45, 7) is 0. The quantitative estimate of drug-likeness (QED) is 0.149. The first kappa shape index (κ1) is 42.9. The fourth-order valence-electron chi connectivity index (χ4n) is 6.93. The summed E-state index contributed by atoms with van der Waals surface area (Å²) in [6, 6.07) is 45.7. The van der Waals surface area contributed by atoms with Crippen molar-refractivity contribution in [3.63, 3.8) is 0 Å². The maximum atomic E-state index is 12.9. The molecule has 0 bridgehead atoms. The number of halogens is 6. The fourth-order valence-corrected chi connectivity index (χ4v) is 8.16. The second-order valence-electron chi connectivity index (χ2n) is 13.9. The van der Waals surface area contributed by atoms with Gasteiger partial charge in [0.1, 0.15) is 24.4 Å². The van der Waals surface area contributed by atoms with Crippen molar-refractivity contribution in [3.05, 3.63) is 206 Å². The molecule has 12 heteroatoms. The minimum Gasteiger partial charge on any atom is -0.358 e. The number of rotatable bonds is 8. The molecule has 58 heavy (non-hydrogen) atoms. The number of amides is 2. The topological polar surface area (TPSA) is 76.7 Å². The number of carbonyl (C=O) groups is 2. The van der Waals surface area contributed by atoms with Crippen LogP contribution in [0.4, 0.5) is 0 Å². The Balaban J connectivity index is 0.000000177. The van der Waals surface area contributed by atoms with Crippen molar-refractivity contribution in [2.24, 2.45) is 0 Å². The molecule has 0 aliphatic carbocycles. The second kappa shape index (κ2) is 19.9. The van der Waals surface area contributed by atoms with Gasteiger partial charge >= 0.3 is 0 Å². The molecular weight excluding hydrogens is 1040 g/mol. The third kappa shape index (κ3) is 11.1. The highest BCUT2D eigenvalue weighted by Gasteiger charge is 2.39. The number of morpholine rings is 2. The number of nitrogens with one attached hydrogen (secondary N) is 2. The Labute approximate surface area is 385 Å². The number of hydrogen-bond acceptors (Lipinski definition) is 4. The van der Waals surface area contributed by atoms with Gasteiger partial charge in [-0.1, -0.05) is 119 Å². The zero-order chi connectivity index (χ0) is 40.8. The minimum absolute atomic E-state index is 0.117. The molecule has 6 atom stereocenters. The Morgan fingerprint density at radius 1 is 0.414 bits per heavy atom. The van der Waals surface area contributed by atoms with E-state index in [1.54, 1.807) is 0 Å². The van der Waals surface area contributed by atoms with Crippen molar-refractivity contribution < 1.29 is 19.1 Å². The van der Waals surface area contributed by atoms with Gasteiger partial charge in [-0.25, -0.2) is 0 Å². The van der Waals surface area contributed by atoms with E-state index < -0.39 is 12.2 Å². The van der Waals surface area contributed by atoms with Gasteiger partial charge in [0.2, 0.25) is 11.8 Å². The normalized spacial score (nSPS) is 21.6. The first-order chi connectivity index (χ1) is 28.0. The molecule has 2 saturated heterocycles. The van der Waals surface area contributed by atoms with Crippen LogP contribution in [0, 0.1) is 7.14 Å². The zero-order valence-corrected chi connectivity index (χ0v) is 38.0. The maximum Gasteiger partial charge on any atom is 0.250 e. The van der Waals surface area contributed by atoms with E-state index in [4.69, 9.17) is 55.9 Å². The molecule has 0 saturated carbocycles. The van der Waals surface area contributed by atoms with Crippen LogP contribution < -0.4 is 10.6 Å². The van der Waals surface area contributed by atoms with Gasteiger partial charge in [0.05, 0.1) is 12.1 Å². The van der Waals surface area contributed by atoms with Crippen LogP contribution in [-0.2, 0) is 31.9 Å². The highest BCUT2D eigenvalue weighted by Crippen LogP contribution is 2.39. The Kier molecular flexibility index (Phi) is 14.7. The summed E-state index contributed by atoms with van der Waals surface area (Å²) < 4.78 is 15.0. The molecule has 2 heterocycles. The third-order valence-electron chi connectivity index (χ3n) is 9.93. The molecule has 6 aromatic rings. The molecule has 8 rings (SSSR count). The van der Waals surface area contributed by atoms with Crippen LogP contribution in [-0.4, -0.2) is 24.0 Å². The Morgan fingerprint density at radius 3 is 0.983 bits per heavy atom. The summed E-state index contributed by atoms with van der Waals surface area (Å²) in [6.07, 6.45) is -0.779. The van der Waals surface area contributed by atoms with Crippen molar-refractivity contribution in [3.8, 4) is 0 Å². The first-order valence-corrected chi connectivity index (χ1v) is 22.1.